The van der Waals surface area contributed by atoms with Gasteiger partial charge >= 0.3 is 0 Å². The van der Waals surface area contributed by atoms with Crippen LogP contribution in [0.1, 0.15) is 71.1 Å². The molecule has 18 heavy (non-hydrogen) atoms. The number of hydrogen-bond acceptors (Lipinski definition) is 0. The van der Waals surface area contributed by atoms with Crippen LogP contribution >= 0.6 is 0 Å². The van der Waals surface area contributed by atoms with Gasteiger partial charge in [-0.2, -0.15) is 0 Å². The average Bonchev–Trinajstić information content (AvgIpc) is 2.39. The molecule has 0 heteroatoms. The molecule has 0 bridgehead atoms. The van der Waals surface area contributed by atoms with Gasteiger partial charge in [0.1, 0.15) is 0 Å². The molecule has 0 N–H and O–H groups in total. The zero-order valence-corrected chi connectivity index (χ0v) is 12.2. The molecular weight excluding hydrogens is 216 g/mol. The molecule has 0 unspecified atom stereocenters. The first kappa shape index (κ1) is 17.2. The minimum atomic E-state index is 1.08. The molecule has 103 valence electrons. The van der Waals surface area contributed by atoms with Gasteiger partial charge in [0.25, 0.3) is 0 Å². The van der Waals surface area contributed by atoms with E-state index >= 15 is 0 Å². The van der Waals surface area contributed by atoms with Crippen molar-refractivity contribution in [1.29, 1.82) is 0 Å². The van der Waals surface area contributed by atoms with Gasteiger partial charge in [0, 0.05) is 0 Å². The Morgan fingerprint density at radius 3 is 1.83 bits per heavy atom. The molecule has 0 atom stereocenters. The fourth-order valence-corrected chi connectivity index (χ4v) is 1.74. The van der Waals surface area contributed by atoms with Crippen molar-refractivity contribution in [1.82, 2.24) is 0 Å². The summed E-state index contributed by atoms with van der Waals surface area (Å²) in [7, 11) is 0. The van der Waals surface area contributed by atoms with Crippen molar-refractivity contribution in [3.05, 3.63) is 43.4 Å². The van der Waals surface area contributed by atoms with E-state index in [1.807, 2.05) is 0 Å². The molecule has 0 aromatic carbocycles. The van der Waals surface area contributed by atoms with Gasteiger partial charge in [-0.15, -0.1) is 0 Å². The number of allylic oxidation sites excluding steroid dienone is 6. The molecule has 0 saturated heterocycles. The fraction of sp³-hybridized carbons (Fsp3) is 0.611. The van der Waals surface area contributed by atoms with Gasteiger partial charge in [0.15, 0.2) is 0 Å². The summed E-state index contributed by atoms with van der Waals surface area (Å²) in [4.78, 5) is 0. The predicted octanol–water partition coefficient (Wildman–Crippen LogP) is 6.41. The van der Waals surface area contributed by atoms with Crippen molar-refractivity contribution in [3.8, 4) is 0 Å². The number of rotatable bonds is 12. The Bertz CT molecular complexity index is 220. The van der Waals surface area contributed by atoms with E-state index in [-0.39, 0.29) is 0 Å². The first-order chi connectivity index (χ1) is 8.91. The highest BCUT2D eigenvalue weighted by molar-refractivity contribution is 4.97. The highest BCUT2D eigenvalue weighted by Crippen LogP contribution is 2.05. The van der Waals surface area contributed by atoms with Crippen LogP contribution in [0.4, 0.5) is 0 Å². The van der Waals surface area contributed by atoms with Crippen LogP contribution in [0.3, 0.4) is 0 Å². The van der Waals surface area contributed by atoms with Gasteiger partial charge < -0.3 is 0 Å². The lowest BCUT2D eigenvalue weighted by Gasteiger charge is -1.95. The Balaban J connectivity index is 3.24. The van der Waals surface area contributed by atoms with Crippen LogP contribution < -0.4 is 0 Å². The summed E-state index contributed by atoms with van der Waals surface area (Å²) < 4.78 is 0. The first-order valence-corrected chi connectivity index (χ1v) is 7.66. The molecule has 0 aromatic heterocycles. The van der Waals surface area contributed by atoms with Crippen molar-refractivity contribution < 1.29 is 0 Å². The second-order valence-corrected chi connectivity index (χ2v) is 4.73. The summed E-state index contributed by atoms with van der Waals surface area (Å²) in [5, 5.41) is 0. The Morgan fingerprint density at radius 2 is 1.22 bits per heavy atom. The van der Waals surface area contributed by atoms with Crippen LogP contribution in [0.15, 0.2) is 36.5 Å². The third kappa shape index (κ3) is 15.2. The molecule has 0 aliphatic carbocycles. The van der Waals surface area contributed by atoms with Crippen LogP contribution in [0.25, 0.3) is 0 Å². The fourth-order valence-electron chi connectivity index (χ4n) is 1.74. The Morgan fingerprint density at radius 1 is 0.667 bits per heavy atom. The van der Waals surface area contributed by atoms with Gasteiger partial charge in [0.05, 0.1) is 0 Å². The maximum absolute atomic E-state index is 3.86. The molecular formula is C18H31. The lowest BCUT2D eigenvalue weighted by Crippen LogP contribution is -1.75. The minimum Gasteiger partial charge on any atom is -0.0882 e. The first-order valence-electron chi connectivity index (χ1n) is 7.66. The molecule has 0 aliphatic rings. The van der Waals surface area contributed by atoms with E-state index in [9.17, 15) is 0 Å². The third-order valence-corrected chi connectivity index (χ3v) is 2.87. The molecule has 1 radical (unpaired) electrons. The predicted molar refractivity (Wildman–Crippen MR) is 84.6 cm³/mol. The lowest BCUT2D eigenvalue weighted by molar-refractivity contribution is 0.651. The van der Waals surface area contributed by atoms with Gasteiger partial charge in [-0.3, -0.25) is 0 Å². The van der Waals surface area contributed by atoms with E-state index in [1.165, 1.54) is 44.9 Å². The highest BCUT2D eigenvalue weighted by atomic mass is 13.9. The summed E-state index contributed by atoms with van der Waals surface area (Å²) in [5.74, 6) is 0. The van der Waals surface area contributed by atoms with Crippen molar-refractivity contribution in [2.24, 2.45) is 0 Å². The van der Waals surface area contributed by atoms with Crippen LogP contribution in [0, 0.1) is 6.92 Å². The van der Waals surface area contributed by atoms with E-state index < -0.39 is 0 Å². The second-order valence-electron chi connectivity index (χ2n) is 4.73. The van der Waals surface area contributed by atoms with Crippen LogP contribution in [-0.2, 0) is 0 Å². The minimum absolute atomic E-state index is 1.08. The van der Waals surface area contributed by atoms with Crippen LogP contribution in [-0.4, -0.2) is 0 Å². The quantitative estimate of drug-likeness (QED) is 0.276. The molecule has 0 spiro atoms. The van der Waals surface area contributed by atoms with Gasteiger partial charge in [0.2, 0.25) is 0 Å². The van der Waals surface area contributed by atoms with Crippen LogP contribution in [0.5, 0.6) is 0 Å². The summed E-state index contributed by atoms with van der Waals surface area (Å²) >= 11 is 0. The van der Waals surface area contributed by atoms with Gasteiger partial charge in [-0.05, 0) is 32.1 Å². The van der Waals surface area contributed by atoms with Gasteiger partial charge in [-0.1, -0.05) is 82.4 Å². The lowest BCUT2D eigenvalue weighted by atomic mass is 10.1. The molecule has 0 rings (SSSR count). The summed E-state index contributed by atoms with van der Waals surface area (Å²) in [6.07, 6.45) is 25.9. The zero-order chi connectivity index (χ0) is 13.3. The Labute approximate surface area is 115 Å². The van der Waals surface area contributed by atoms with Crippen molar-refractivity contribution in [2.45, 2.75) is 71.1 Å². The summed E-state index contributed by atoms with van der Waals surface area (Å²) in [6, 6.07) is 0. The molecule has 0 amide bonds. The summed E-state index contributed by atoms with van der Waals surface area (Å²) in [6.45, 7) is 6.07. The smallest absolute Gasteiger partial charge is 0.0169 e. The second kappa shape index (κ2) is 16.2. The Hall–Kier alpha value is -0.780. The maximum atomic E-state index is 3.86. The largest absolute Gasteiger partial charge is 0.0882 e. The standard InChI is InChI=1S/C18H31/c1-3-5-7-9-11-13-15-17-18-16-14-12-10-8-6-4-2/h8,10,14-17H,1,3-7,9,11-13,18H2,2H3. The molecule has 0 aliphatic heterocycles. The molecule has 0 nitrogen and oxygen atoms in total. The van der Waals surface area contributed by atoms with E-state index in [4.69, 9.17) is 0 Å². The van der Waals surface area contributed by atoms with Crippen molar-refractivity contribution in [2.75, 3.05) is 0 Å². The monoisotopic (exact) mass is 247 g/mol. The maximum Gasteiger partial charge on any atom is -0.0169 e. The van der Waals surface area contributed by atoms with Crippen molar-refractivity contribution >= 4 is 0 Å². The SMILES string of the molecule is [CH2]CCCCCCC=CCC=CCC=CCCC. The zero-order valence-electron chi connectivity index (χ0n) is 12.2. The van der Waals surface area contributed by atoms with E-state index in [2.05, 4.69) is 50.3 Å². The van der Waals surface area contributed by atoms with E-state index in [1.54, 1.807) is 0 Å². The highest BCUT2D eigenvalue weighted by Gasteiger charge is 1.85. The number of unbranched alkanes of at least 4 members (excludes halogenated alkanes) is 6. The molecule has 0 aromatic rings. The van der Waals surface area contributed by atoms with Crippen LogP contribution in [0.2, 0.25) is 0 Å². The molecule has 0 saturated carbocycles. The molecule has 0 fully saturated rings. The Kier molecular flexibility index (Phi) is 15.5. The summed E-state index contributed by atoms with van der Waals surface area (Å²) in [5.41, 5.74) is 0. The van der Waals surface area contributed by atoms with Crippen molar-refractivity contribution in [3.63, 3.8) is 0 Å². The van der Waals surface area contributed by atoms with E-state index in [0.29, 0.717) is 0 Å². The van der Waals surface area contributed by atoms with Gasteiger partial charge in [-0.25, -0.2) is 0 Å². The molecule has 0 heterocycles. The third-order valence-electron chi connectivity index (χ3n) is 2.87. The number of hydrogen-bond donors (Lipinski definition) is 0. The average molecular weight is 247 g/mol. The van der Waals surface area contributed by atoms with E-state index in [0.717, 1.165) is 19.3 Å². The topological polar surface area (TPSA) is 0 Å². The normalized spacial score (nSPS) is 12.3.